The molecular formula is C15H14FNO5S. The molecule has 1 aromatic carbocycles. The van der Waals surface area contributed by atoms with Crippen LogP contribution in [0.3, 0.4) is 0 Å². The van der Waals surface area contributed by atoms with Gasteiger partial charge in [-0.2, -0.15) is 4.21 Å². The molecule has 0 saturated heterocycles. The SMILES string of the molecule is O=C(c1ccc(CCOS(=O)O)cc1F)c1cnoc1C1CC1. The van der Waals surface area contributed by atoms with Gasteiger partial charge in [0.2, 0.25) is 5.78 Å². The Balaban J connectivity index is 1.76. The van der Waals surface area contributed by atoms with Gasteiger partial charge in [0.25, 0.3) is 0 Å². The van der Waals surface area contributed by atoms with Crippen LogP contribution in [0.15, 0.2) is 28.9 Å². The van der Waals surface area contributed by atoms with Crippen molar-refractivity contribution >= 4 is 17.1 Å². The average molecular weight is 339 g/mol. The molecule has 1 saturated carbocycles. The number of carbonyl (C=O) groups is 1. The Morgan fingerprint density at radius 3 is 2.87 bits per heavy atom. The van der Waals surface area contributed by atoms with Crippen molar-refractivity contribution in [2.24, 2.45) is 0 Å². The number of nitrogens with zero attached hydrogens (tertiary/aromatic N) is 1. The molecule has 0 radical (unpaired) electrons. The first-order valence-electron chi connectivity index (χ1n) is 7.08. The van der Waals surface area contributed by atoms with Crippen molar-refractivity contribution in [1.29, 1.82) is 0 Å². The van der Waals surface area contributed by atoms with Crippen molar-refractivity contribution in [3.05, 3.63) is 52.7 Å². The second-order valence-corrected chi connectivity index (χ2v) is 5.98. The summed E-state index contributed by atoms with van der Waals surface area (Å²) in [6.07, 6.45) is 3.48. The summed E-state index contributed by atoms with van der Waals surface area (Å²) in [7, 11) is 0. The molecule has 0 spiro atoms. The first kappa shape index (κ1) is 16.0. The molecule has 1 fully saturated rings. The predicted octanol–water partition coefficient (Wildman–Crippen LogP) is 2.62. The Morgan fingerprint density at radius 2 is 2.22 bits per heavy atom. The molecule has 1 aliphatic carbocycles. The maximum absolute atomic E-state index is 14.2. The lowest BCUT2D eigenvalue weighted by Gasteiger charge is -2.05. The number of aromatic nitrogens is 1. The van der Waals surface area contributed by atoms with E-state index in [0.717, 1.165) is 12.8 Å². The van der Waals surface area contributed by atoms with Crippen LogP contribution in [0.1, 0.15) is 46.0 Å². The van der Waals surface area contributed by atoms with Crippen LogP contribution in [0.5, 0.6) is 0 Å². The van der Waals surface area contributed by atoms with Crippen LogP contribution >= 0.6 is 0 Å². The molecule has 8 heteroatoms. The summed E-state index contributed by atoms with van der Waals surface area (Å²) in [5.41, 5.74) is 0.820. The fourth-order valence-electron chi connectivity index (χ4n) is 2.33. The van der Waals surface area contributed by atoms with Crippen molar-refractivity contribution in [3.63, 3.8) is 0 Å². The second kappa shape index (κ2) is 6.69. The van der Waals surface area contributed by atoms with Crippen LogP contribution in [0.25, 0.3) is 0 Å². The highest BCUT2D eigenvalue weighted by molar-refractivity contribution is 7.74. The maximum Gasteiger partial charge on any atom is 0.301 e. The molecule has 122 valence electrons. The smallest absolute Gasteiger partial charge is 0.301 e. The van der Waals surface area contributed by atoms with E-state index in [4.69, 9.17) is 9.08 Å². The van der Waals surface area contributed by atoms with Crippen LogP contribution < -0.4 is 0 Å². The number of rotatable bonds is 7. The standard InChI is InChI=1S/C15H14FNO5S/c16-13-7-9(5-6-21-23(19)20)1-4-11(13)14(18)12-8-17-22-15(12)10-2-3-10/h1,4,7-8,10H,2-3,5-6H2,(H,19,20). The Labute approximate surface area is 134 Å². The van der Waals surface area contributed by atoms with E-state index < -0.39 is 23.0 Å². The normalized spacial score (nSPS) is 15.6. The summed E-state index contributed by atoms with van der Waals surface area (Å²) < 4.78 is 42.7. The largest absolute Gasteiger partial charge is 0.360 e. The van der Waals surface area contributed by atoms with Crippen LogP contribution in [-0.4, -0.2) is 26.3 Å². The van der Waals surface area contributed by atoms with Gasteiger partial charge in [0, 0.05) is 5.92 Å². The van der Waals surface area contributed by atoms with E-state index in [2.05, 4.69) is 9.34 Å². The molecule has 1 heterocycles. The lowest BCUT2D eigenvalue weighted by Crippen LogP contribution is -2.07. The summed E-state index contributed by atoms with van der Waals surface area (Å²) in [5, 5.41) is 3.65. The summed E-state index contributed by atoms with van der Waals surface area (Å²) in [5.74, 6) is -0.377. The maximum atomic E-state index is 14.2. The monoisotopic (exact) mass is 339 g/mol. The number of hydrogen-bond acceptors (Lipinski definition) is 5. The molecular weight excluding hydrogens is 325 g/mol. The molecule has 2 aromatic rings. The third kappa shape index (κ3) is 3.72. The van der Waals surface area contributed by atoms with E-state index in [1.54, 1.807) is 6.07 Å². The van der Waals surface area contributed by atoms with Crippen molar-refractivity contribution in [3.8, 4) is 0 Å². The van der Waals surface area contributed by atoms with Gasteiger partial charge in [-0.3, -0.25) is 13.5 Å². The third-order valence-corrected chi connectivity index (χ3v) is 4.01. The minimum Gasteiger partial charge on any atom is -0.360 e. The van der Waals surface area contributed by atoms with E-state index in [-0.39, 0.29) is 24.5 Å². The Morgan fingerprint density at radius 1 is 1.43 bits per heavy atom. The molecule has 1 aromatic heterocycles. The molecule has 0 bridgehead atoms. The van der Waals surface area contributed by atoms with E-state index in [0.29, 0.717) is 16.9 Å². The first-order chi connectivity index (χ1) is 11.1. The highest BCUT2D eigenvalue weighted by atomic mass is 32.2. The second-order valence-electron chi connectivity index (χ2n) is 5.31. The number of hydrogen-bond donors (Lipinski definition) is 1. The van der Waals surface area contributed by atoms with Gasteiger partial charge in [-0.05, 0) is 37.0 Å². The van der Waals surface area contributed by atoms with Gasteiger partial charge in [0.05, 0.1) is 23.9 Å². The van der Waals surface area contributed by atoms with E-state index in [1.165, 1.54) is 18.3 Å². The summed E-state index contributed by atoms with van der Waals surface area (Å²) in [6.45, 7) is -0.0205. The van der Waals surface area contributed by atoms with Crippen molar-refractivity contribution in [2.45, 2.75) is 25.2 Å². The zero-order chi connectivity index (χ0) is 16.4. The lowest BCUT2D eigenvalue weighted by molar-refractivity contribution is 0.103. The summed E-state index contributed by atoms with van der Waals surface area (Å²) in [4.78, 5) is 12.5. The molecule has 23 heavy (non-hydrogen) atoms. The molecule has 3 rings (SSSR count). The van der Waals surface area contributed by atoms with Crippen LogP contribution in [-0.2, 0) is 22.0 Å². The molecule has 6 nitrogen and oxygen atoms in total. The molecule has 0 aliphatic heterocycles. The van der Waals surface area contributed by atoms with Crippen molar-refractivity contribution < 1.29 is 26.7 Å². The van der Waals surface area contributed by atoms with Gasteiger partial charge in [0.15, 0.2) is 5.76 Å². The van der Waals surface area contributed by atoms with Gasteiger partial charge in [0.1, 0.15) is 5.82 Å². The van der Waals surface area contributed by atoms with Crippen molar-refractivity contribution in [1.82, 2.24) is 5.16 Å². The minimum absolute atomic E-state index is 0.0205. The third-order valence-electron chi connectivity index (χ3n) is 3.64. The number of benzene rings is 1. The lowest BCUT2D eigenvalue weighted by atomic mass is 10.00. The van der Waals surface area contributed by atoms with Gasteiger partial charge in [-0.25, -0.2) is 4.39 Å². The number of halogens is 1. The quantitative estimate of drug-likeness (QED) is 0.616. The number of carbonyl (C=O) groups excluding carboxylic acids is 1. The zero-order valence-corrected chi connectivity index (χ0v) is 12.8. The molecule has 0 amide bonds. The van der Waals surface area contributed by atoms with Gasteiger partial charge in [-0.1, -0.05) is 11.2 Å². The fourth-order valence-corrected chi connectivity index (χ4v) is 2.56. The Kier molecular flexibility index (Phi) is 4.65. The zero-order valence-electron chi connectivity index (χ0n) is 12.0. The molecule has 1 unspecified atom stereocenters. The summed E-state index contributed by atoms with van der Waals surface area (Å²) in [6, 6.07) is 4.21. The molecule has 1 N–H and O–H groups in total. The van der Waals surface area contributed by atoms with E-state index in [1.807, 2.05) is 0 Å². The highest BCUT2D eigenvalue weighted by Crippen LogP contribution is 2.42. The number of ketones is 1. The average Bonchev–Trinajstić information content (AvgIpc) is 3.23. The molecule has 1 atom stereocenters. The fraction of sp³-hybridized carbons (Fsp3) is 0.333. The van der Waals surface area contributed by atoms with Crippen molar-refractivity contribution in [2.75, 3.05) is 6.61 Å². The van der Waals surface area contributed by atoms with Crippen LogP contribution in [0.4, 0.5) is 4.39 Å². The van der Waals surface area contributed by atoms with E-state index >= 15 is 0 Å². The predicted molar refractivity (Wildman–Crippen MR) is 78.7 cm³/mol. The minimum atomic E-state index is -2.34. The molecule has 1 aliphatic rings. The van der Waals surface area contributed by atoms with Crippen LogP contribution in [0.2, 0.25) is 0 Å². The van der Waals surface area contributed by atoms with E-state index in [9.17, 15) is 13.4 Å². The highest BCUT2D eigenvalue weighted by Gasteiger charge is 2.33. The first-order valence-corrected chi connectivity index (χ1v) is 8.11. The Hall–Kier alpha value is -1.90. The van der Waals surface area contributed by atoms with Gasteiger partial charge < -0.3 is 4.52 Å². The topological polar surface area (TPSA) is 89.6 Å². The summed E-state index contributed by atoms with van der Waals surface area (Å²) >= 11 is -2.34. The van der Waals surface area contributed by atoms with Crippen LogP contribution in [0, 0.1) is 5.82 Å². The van der Waals surface area contributed by atoms with Gasteiger partial charge in [-0.15, -0.1) is 0 Å². The Bertz CT molecular complexity index is 756. The van der Waals surface area contributed by atoms with Gasteiger partial charge >= 0.3 is 11.4 Å².